The van der Waals surface area contributed by atoms with E-state index in [-0.39, 0.29) is 11.8 Å². The Hall–Kier alpha value is -1.46. The van der Waals surface area contributed by atoms with Crippen LogP contribution in [0.2, 0.25) is 0 Å². The molecule has 0 saturated carbocycles. The molecule has 1 aromatic carbocycles. The minimum Gasteiger partial charge on any atom is -0.384 e. The van der Waals surface area contributed by atoms with Gasteiger partial charge in [-0.1, -0.05) is 24.3 Å². The second kappa shape index (κ2) is 8.86. The Kier molecular flexibility index (Phi) is 6.80. The number of hydrogen-bond donors (Lipinski definition) is 1. The van der Waals surface area contributed by atoms with Gasteiger partial charge in [0.05, 0.1) is 6.61 Å². The van der Waals surface area contributed by atoms with Gasteiger partial charge >= 0.3 is 0 Å². The van der Waals surface area contributed by atoms with Crippen molar-refractivity contribution in [2.45, 2.75) is 25.0 Å². The molecule has 0 bridgehead atoms. The molecule has 1 aromatic rings. The second-order valence-electron chi connectivity index (χ2n) is 5.45. The smallest absolute Gasteiger partial charge is 0.227 e. The number of amides is 1. The lowest BCUT2D eigenvalue weighted by Gasteiger charge is -2.17. The molecule has 2 atom stereocenters. The van der Waals surface area contributed by atoms with Gasteiger partial charge in [-0.05, 0) is 37.0 Å². The maximum atomic E-state index is 12.2. The Morgan fingerprint density at radius 2 is 2.27 bits per heavy atom. The summed E-state index contributed by atoms with van der Waals surface area (Å²) in [5.74, 6) is 1.15. The maximum Gasteiger partial charge on any atom is 0.227 e. The van der Waals surface area contributed by atoms with Crippen molar-refractivity contribution in [2.75, 3.05) is 24.8 Å². The molecule has 0 heterocycles. The molecule has 0 fully saturated rings. The largest absolute Gasteiger partial charge is 0.384 e. The molecular formula is C17H23NO3S. The lowest BCUT2D eigenvalue weighted by Crippen LogP contribution is -2.23. The van der Waals surface area contributed by atoms with E-state index in [9.17, 15) is 9.00 Å². The summed E-state index contributed by atoms with van der Waals surface area (Å²) < 4.78 is 16.8. The fourth-order valence-electron chi connectivity index (χ4n) is 2.45. The monoisotopic (exact) mass is 321 g/mol. The highest BCUT2D eigenvalue weighted by Gasteiger charge is 2.18. The number of nitrogens with one attached hydrogen (secondary N) is 1. The van der Waals surface area contributed by atoms with E-state index in [2.05, 4.69) is 17.5 Å². The first kappa shape index (κ1) is 16.9. The van der Waals surface area contributed by atoms with E-state index in [4.69, 9.17) is 4.74 Å². The topological polar surface area (TPSA) is 55.4 Å². The number of ether oxygens (including phenoxy) is 1. The number of benzene rings is 1. The van der Waals surface area contributed by atoms with E-state index in [1.165, 1.54) is 0 Å². The fraction of sp³-hybridized carbons (Fsp3) is 0.471. The number of hydrogen-bond acceptors (Lipinski definition) is 3. The van der Waals surface area contributed by atoms with Crippen molar-refractivity contribution in [2.24, 2.45) is 5.92 Å². The molecule has 0 saturated heterocycles. The molecule has 0 aliphatic heterocycles. The highest BCUT2D eigenvalue weighted by molar-refractivity contribution is 7.84. The van der Waals surface area contributed by atoms with Gasteiger partial charge in [0.25, 0.3) is 0 Å². The first-order chi connectivity index (χ1) is 10.7. The number of carbonyl (C=O) groups is 1. The number of rotatable bonds is 7. The molecule has 2 rings (SSSR count). The number of allylic oxidation sites excluding steroid dienone is 2. The molecule has 0 aromatic heterocycles. The zero-order chi connectivity index (χ0) is 15.8. The van der Waals surface area contributed by atoms with Gasteiger partial charge in [0.15, 0.2) is 0 Å². The summed E-state index contributed by atoms with van der Waals surface area (Å²) in [5.41, 5.74) is 1.75. The summed E-state index contributed by atoms with van der Waals surface area (Å²) >= 11 is 0. The SMILES string of the molecule is COCC[S@@](=O)Cc1cccc(NC(=O)[C@H]2CC=CCC2)c1. The van der Waals surface area contributed by atoms with Crippen molar-refractivity contribution in [3.63, 3.8) is 0 Å². The van der Waals surface area contributed by atoms with Gasteiger partial charge in [-0.15, -0.1) is 0 Å². The molecule has 1 amide bonds. The number of methoxy groups -OCH3 is 1. The zero-order valence-electron chi connectivity index (χ0n) is 12.9. The van der Waals surface area contributed by atoms with Gasteiger partial charge in [-0.3, -0.25) is 9.00 Å². The molecule has 5 heteroatoms. The molecule has 1 aliphatic carbocycles. The average molecular weight is 321 g/mol. The van der Waals surface area contributed by atoms with Crippen molar-refractivity contribution in [1.29, 1.82) is 0 Å². The van der Waals surface area contributed by atoms with Crippen LogP contribution >= 0.6 is 0 Å². The molecule has 1 aliphatic rings. The van der Waals surface area contributed by atoms with Crippen LogP contribution in [0.1, 0.15) is 24.8 Å². The Morgan fingerprint density at radius 1 is 1.41 bits per heavy atom. The van der Waals surface area contributed by atoms with E-state index in [1.54, 1.807) is 7.11 Å². The van der Waals surface area contributed by atoms with Crippen LogP contribution in [0.4, 0.5) is 5.69 Å². The third kappa shape index (κ3) is 5.39. The summed E-state index contributed by atoms with van der Waals surface area (Å²) in [6, 6.07) is 7.60. The first-order valence-electron chi connectivity index (χ1n) is 7.57. The van der Waals surface area contributed by atoms with Crippen molar-refractivity contribution >= 4 is 22.4 Å². The number of carbonyl (C=O) groups excluding carboxylic acids is 1. The van der Waals surface area contributed by atoms with Crippen LogP contribution in [0.3, 0.4) is 0 Å². The van der Waals surface area contributed by atoms with Crippen LogP contribution in [0, 0.1) is 5.92 Å². The van der Waals surface area contributed by atoms with Crippen LogP contribution in [0.15, 0.2) is 36.4 Å². The lowest BCUT2D eigenvalue weighted by atomic mass is 9.93. The van der Waals surface area contributed by atoms with E-state index < -0.39 is 10.8 Å². The first-order valence-corrected chi connectivity index (χ1v) is 9.06. The predicted molar refractivity (Wildman–Crippen MR) is 90.1 cm³/mol. The second-order valence-corrected chi connectivity index (χ2v) is 7.03. The van der Waals surface area contributed by atoms with Gasteiger partial charge in [-0.2, -0.15) is 0 Å². The maximum absolute atomic E-state index is 12.2. The van der Waals surface area contributed by atoms with Crippen LogP contribution in [-0.4, -0.2) is 29.6 Å². The van der Waals surface area contributed by atoms with Crippen molar-refractivity contribution in [3.05, 3.63) is 42.0 Å². The summed E-state index contributed by atoms with van der Waals surface area (Å²) in [6.07, 6.45) is 6.88. The Bertz CT molecular complexity index is 557. The molecule has 0 radical (unpaired) electrons. The predicted octanol–water partition coefficient (Wildman–Crippen LogP) is 2.88. The van der Waals surface area contributed by atoms with E-state index in [1.807, 2.05) is 24.3 Å². The standard InChI is InChI=1S/C17H23NO3S/c1-21-10-11-22(20)13-14-6-5-9-16(12-14)18-17(19)15-7-3-2-4-8-15/h2-3,5-6,9,12,15H,4,7-8,10-11,13H2,1H3,(H,18,19)/t15-,22+/m0/s1. The molecule has 22 heavy (non-hydrogen) atoms. The van der Waals surface area contributed by atoms with Gasteiger partial charge in [-0.25, -0.2) is 0 Å². The molecule has 120 valence electrons. The molecule has 4 nitrogen and oxygen atoms in total. The van der Waals surface area contributed by atoms with E-state index >= 15 is 0 Å². The quantitative estimate of drug-likeness (QED) is 0.786. The van der Waals surface area contributed by atoms with Crippen LogP contribution < -0.4 is 5.32 Å². The van der Waals surface area contributed by atoms with Gasteiger partial charge in [0, 0.05) is 41.0 Å². The summed E-state index contributed by atoms with van der Waals surface area (Å²) in [7, 11) is 0.662. The van der Waals surface area contributed by atoms with E-state index in [0.717, 1.165) is 30.5 Å². The molecule has 0 unspecified atom stereocenters. The minimum absolute atomic E-state index is 0.0597. The highest BCUT2D eigenvalue weighted by atomic mass is 32.2. The summed E-state index contributed by atoms with van der Waals surface area (Å²) in [5, 5.41) is 2.97. The highest BCUT2D eigenvalue weighted by Crippen LogP contribution is 2.21. The van der Waals surface area contributed by atoms with Crippen LogP contribution in [-0.2, 0) is 26.1 Å². The third-order valence-electron chi connectivity index (χ3n) is 3.68. The van der Waals surface area contributed by atoms with Crippen molar-refractivity contribution in [1.82, 2.24) is 0 Å². The third-order valence-corrected chi connectivity index (χ3v) is 4.95. The summed E-state index contributed by atoms with van der Waals surface area (Å²) in [4.78, 5) is 12.2. The Morgan fingerprint density at radius 3 is 3.00 bits per heavy atom. The Labute approximate surface area is 134 Å². The minimum atomic E-state index is -0.943. The zero-order valence-corrected chi connectivity index (χ0v) is 13.7. The average Bonchev–Trinajstić information content (AvgIpc) is 2.54. The van der Waals surface area contributed by atoms with Gasteiger partial charge < -0.3 is 10.1 Å². The fourth-order valence-corrected chi connectivity index (χ4v) is 3.50. The molecule has 0 spiro atoms. The Balaban J connectivity index is 1.91. The van der Waals surface area contributed by atoms with Gasteiger partial charge in [0.2, 0.25) is 5.91 Å². The number of anilines is 1. The van der Waals surface area contributed by atoms with E-state index in [0.29, 0.717) is 18.1 Å². The molecular weight excluding hydrogens is 298 g/mol. The van der Waals surface area contributed by atoms with Gasteiger partial charge in [0.1, 0.15) is 0 Å². The summed E-state index contributed by atoms with van der Waals surface area (Å²) in [6.45, 7) is 0.498. The van der Waals surface area contributed by atoms with Crippen molar-refractivity contribution in [3.8, 4) is 0 Å². The lowest BCUT2D eigenvalue weighted by molar-refractivity contribution is -0.120. The van der Waals surface area contributed by atoms with Crippen LogP contribution in [0.25, 0.3) is 0 Å². The van der Waals surface area contributed by atoms with Crippen molar-refractivity contribution < 1.29 is 13.7 Å². The normalized spacial score (nSPS) is 18.9. The molecule has 1 N–H and O–H groups in total. The van der Waals surface area contributed by atoms with Crippen LogP contribution in [0.5, 0.6) is 0 Å².